The summed E-state index contributed by atoms with van der Waals surface area (Å²) in [6.45, 7) is 3.91. The second-order valence-corrected chi connectivity index (χ2v) is 4.48. The number of aryl methyl sites for hydroxylation is 1. The Morgan fingerprint density at radius 2 is 2.62 bits per heavy atom. The topological polar surface area (TPSA) is 27.1 Å². The second kappa shape index (κ2) is 3.96. The Kier molecular flexibility index (Phi) is 2.88. The molecule has 0 aliphatic carbocycles. The Morgan fingerprint density at radius 1 is 1.77 bits per heavy atom. The molecule has 1 atom stereocenters. The van der Waals surface area contributed by atoms with Crippen molar-refractivity contribution in [2.75, 3.05) is 6.61 Å². The predicted molar refractivity (Wildman–Crippen MR) is 58.7 cm³/mol. The Balaban J connectivity index is 2.00. The first kappa shape index (κ1) is 9.45. The van der Waals surface area contributed by atoms with E-state index in [9.17, 15) is 0 Å². The second-order valence-electron chi connectivity index (χ2n) is 3.46. The van der Waals surface area contributed by atoms with Crippen LogP contribution in [0, 0.1) is 10.6 Å². The molecule has 0 aromatic carbocycles. The van der Waals surface area contributed by atoms with Crippen molar-refractivity contribution in [1.82, 2.24) is 9.78 Å². The van der Waals surface area contributed by atoms with Gasteiger partial charge in [-0.3, -0.25) is 4.68 Å². The normalized spacial score (nSPS) is 22.5. The van der Waals surface area contributed by atoms with E-state index < -0.39 is 0 Å². The Morgan fingerprint density at radius 3 is 3.15 bits per heavy atom. The maximum absolute atomic E-state index is 5.54. The maximum atomic E-state index is 5.54. The number of ether oxygens (including phenoxy) is 1. The third kappa shape index (κ3) is 2.22. The van der Waals surface area contributed by atoms with Crippen LogP contribution in [0.1, 0.15) is 18.4 Å². The van der Waals surface area contributed by atoms with Gasteiger partial charge in [0.25, 0.3) is 0 Å². The van der Waals surface area contributed by atoms with Gasteiger partial charge in [0, 0.05) is 18.4 Å². The first-order valence-electron chi connectivity index (χ1n) is 4.57. The van der Waals surface area contributed by atoms with Crippen LogP contribution in [0.15, 0.2) is 6.20 Å². The third-order valence-electron chi connectivity index (χ3n) is 2.30. The first-order valence-corrected chi connectivity index (χ1v) is 5.65. The number of rotatable bonds is 2. The highest BCUT2D eigenvalue weighted by molar-refractivity contribution is 14.1. The number of halogens is 1. The van der Waals surface area contributed by atoms with Gasteiger partial charge in [0.1, 0.15) is 3.70 Å². The van der Waals surface area contributed by atoms with Crippen LogP contribution in [0.4, 0.5) is 0 Å². The van der Waals surface area contributed by atoms with Crippen molar-refractivity contribution in [3.63, 3.8) is 0 Å². The van der Waals surface area contributed by atoms with E-state index in [1.165, 1.54) is 18.4 Å². The molecule has 1 aromatic heterocycles. The lowest BCUT2D eigenvalue weighted by Gasteiger charge is -2.08. The van der Waals surface area contributed by atoms with Gasteiger partial charge in [-0.1, -0.05) is 0 Å². The zero-order valence-corrected chi connectivity index (χ0v) is 9.82. The summed E-state index contributed by atoms with van der Waals surface area (Å²) in [7, 11) is 0. The van der Waals surface area contributed by atoms with E-state index in [0.29, 0.717) is 6.10 Å². The minimum atomic E-state index is 0.384. The molecule has 0 spiro atoms. The van der Waals surface area contributed by atoms with Crippen LogP contribution in [0.5, 0.6) is 0 Å². The highest BCUT2D eigenvalue weighted by atomic mass is 127. The smallest absolute Gasteiger partial charge is 0.126 e. The molecular formula is C9H13IN2O. The van der Waals surface area contributed by atoms with E-state index in [0.717, 1.165) is 16.9 Å². The molecule has 0 saturated carbocycles. The van der Waals surface area contributed by atoms with Gasteiger partial charge in [-0.25, -0.2) is 0 Å². The molecule has 2 rings (SSSR count). The molecule has 0 N–H and O–H groups in total. The van der Waals surface area contributed by atoms with Crippen molar-refractivity contribution in [3.05, 3.63) is 15.5 Å². The largest absolute Gasteiger partial charge is 0.376 e. The fourth-order valence-electron chi connectivity index (χ4n) is 1.59. The zero-order valence-electron chi connectivity index (χ0n) is 7.66. The van der Waals surface area contributed by atoms with E-state index in [-0.39, 0.29) is 0 Å². The van der Waals surface area contributed by atoms with Crippen molar-refractivity contribution in [1.29, 1.82) is 0 Å². The minimum Gasteiger partial charge on any atom is -0.376 e. The monoisotopic (exact) mass is 292 g/mol. The van der Waals surface area contributed by atoms with E-state index in [1.807, 2.05) is 4.68 Å². The lowest BCUT2D eigenvalue weighted by Crippen LogP contribution is -2.15. The molecule has 0 radical (unpaired) electrons. The molecule has 1 aromatic rings. The van der Waals surface area contributed by atoms with E-state index in [4.69, 9.17) is 4.74 Å². The van der Waals surface area contributed by atoms with Gasteiger partial charge in [0.15, 0.2) is 0 Å². The molecule has 1 aliphatic rings. The fourth-order valence-corrected chi connectivity index (χ4v) is 2.00. The fraction of sp³-hybridized carbons (Fsp3) is 0.667. The number of hydrogen-bond donors (Lipinski definition) is 0. The van der Waals surface area contributed by atoms with Gasteiger partial charge >= 0.3 is 0 Å². The van der Waals surface area contributed by atoms with Crippen LogP contribution < -0.4 is 0 Å². The molecular weight excluding hydrogens is 279 g/mol. The molecule has 1 saturated heterocycles. The van der Waals surface area contributed by atoms with E-state index >= 15 is 0 Å². The SMILES string of the molecule is Cc1cn(CC2CCCO2)nc1I. The van der Waals surface area contributed by atoms with Crippen LogP contribution in [-0.2, 0) is 11.3 Å². The van der Waals surface area contributed by atoms with Crippen molar-refractivity contribution in [2.24, 2.45) is 0 Å². The molecule has 3 nitrogen and oxygen atoms in total. The quantitative estimate of drug-likeness (QED) is 0.779. The maximum Gasteiger partial charge on any atom is 0.126 e. The number of nitrogens with zero attached hydrogens (tertiary/aromatic N) is 2. The lowest BCUT2D eigenvalue weighted by atomic mass is 10.2. The molecule has 1 aliphatic heterocycles. The first-order chi connectivity index (χ1) is 6.25. The van der Waals surface area contributed by atoms with Crippen LogP contribution in [0.2, 0.25) is 0 Å². The summed E-state index contributed by atoms with van der Waals surface area (Å²) in [5.41, 5.74) is 1.25. The Labute approximate surface area is 91.6 Å². The minimum absolute atomic E-state index is 0.384. The van der Waals surface area contributed by atoms with Gasteiger partial charge in [-0.05, 0) is 42.4 Å². The summed E-state index contributed by atoms with van der Waals surface area (Å²) < 4.78 is 8.63. The molecule has 1 unspecified atom stereocenters. The van der Waals surface area contributed by atoms with Crippen LogP contribution in [0.3, 0.4) is 0 Å². The molecule has 4 heteroatoms. The summed E-state index contributed by atoms with van der Waals surface area (Å²) in [4.78, 5) is 0. The molecule has 1 fully saturated rings. The average molecular weight is 292 g/mol. The van der Waals surface area contributed by atoms with Crippen LogP contribution in [0.25, 0.3) is 0 Å². The molecule has 0 bridgehead atoms. The summed E-state index contributed by atoms with van der Waals surface area (Å²) >= 11 is 2.26. The van der Waals surface area contributed by atoms with Crippen LogP contribution in [-0.4, -0.2) is 22.5 Å². The Hall–Kier alpha value is -0.100. The summed E-state index contributed by atoms with van der Waals surface area (Å²) in [6.07, 6.45) is 4.84. The zero-order chi connectivity index (χ0) is 9.26. The highest BCUT2D eigenvalue weighted by Crippen LogP contribution is 2.15. The van der Waals surface area contributed by atoms with Gasteiger partial charge in [0.05, 0.1) is 12.6 Å². The number of hydrogen-bond acceptors (Lipinski definition) is 2. The van der Waals surface area contributed by atoms with Gasteiger partial charge in [0.2, 0.25) is 0 Å². The predicted octanol–water partition coefficient (Wildman–Crippen LogP) is 1.98. The molecule has 13 heavy (non-hydrogen) atoms. The highest BCUT2D eigenvalue weighted by Gasteiger charge is 2.16. The van der Waals surface area contributed by atoms with Gasteiger partial charge in [-0.15, -0.1) is 0 Å². The standard InChI is InChI=1S/C9H13IN2O/c1-7-5-12(11-9(7)10)6-8-3-2-4-13-8/h5,8H,2-4,6H2,1H3. The summed E-state index contributed by atoms with van der Waals surface area (Å²) in [6, 6.07) is 0. The molecule has 0 amide bonds. The van der Waals surface area contributed by atoms with Crippen LogP contribution >= 0.6 is 22.6 Å². The third-order valence-corrected chi connectivity index (χ3v) is 3.37. The van der Waals surface area contributed by atoms with Crippen molar-refractivity contribution >= 4 is 22.6 Å². The molecule has 2 heterocycles. The van der Waals surface area contributed by atoms with Crippen molar-refractivity contribution in [3.8, 4) is 0 Å². The summed E-state index contributed by atoms with van der Waals surface area (Å²) in [5.74, 6) is 0. The summed E-state index contributed by atoms with van der Waals surface area (Å²) in [5, 5.41) is 4.40. The van der Waals surface area contributed by atoms with Gasteiger partial charge < -0.3 is 4.74 Å². The van der Waals surface area contributed by atoms with Gasteiger partial charge in [-0.2, -0.15) is 5.10 Å². The Bertz CT molecular complexity index is 272. The van der Waals surface area contributed by atoms with E-state index in [1.54, 1.807) is 0 Å². The lowest BCUT2D eigenvalue weighted by molar-refractivity contribution is 0.0939. The van der Waals surface area contributed by atoms with Crippen molar-refractivity contribution < 1.29 is 4.74 Å². The van der Waals surface area contributed by atoms with Crippen molar-refractivity contribution in [2.45, 2.75) is 32.4 Å². The number of aromatic nitrogens is 2. The average Bonchev–Trinajstić information content (AvgIpc) is 2.64. The molecule has 72 valence electrons. The van der Waals surface area contributed by atoms with E-state index in [2.05, 4.69) is 40.8 Å².